The number of hydrogen-bond acceptors (Lipinski definition) is 2. The van der Waals surface area contributed by atoms with Crippen molar-refractivity contribution in [3.05, 3.63) is 29.6 Å². The Bertz CT molecular complexity index is 328. The lowest BCUT2D eigenvalue weighted by atomic mass is 10.0. The van der Waals surface area contributed by atoms with Crippen LogP contribution in [0.15, 0.2) is 18.2 Å². The SMILES string of the molecule is CCCNC(CC)c1ccc(OC)cc1F. The zero-order chi connectivity index (χ0) is 12.0. The standard InChI is InChI=1S/C13H20FNO/c1-4-8-15-13(5-2)11-7-6-10(16-3)9-12(11)14/h6-7,9,13,15H,4-5,8H2,1-3H3. The van der Waals surface area contributed by atoms with E-state index in [0.29, 0.717) is 5.75 Å². The quantitative estimate of drug-likeness (QED) is 0.802. The largest absolute Gasteiger partial charge is 0.497 e. The number of methoxy groups -OCH3 is 1. The van der Waals surface area contributed by atoms with Gasteiger partial charge in [-0.25, -0.2) is 4.39 Å². The fourth-order valence-electron chi connectivity index (χ4n) is 1.71. The van der Waals surface area contributed by atoms with Crippen molar-refractivity contribution in [1.29, 1.82) is 0 Å². The molecule has 0 bridgehead atoms. The smallest absolute Gasteiger partial charge is 0.131 e. The van der Waals surface area contributed by atoms with E-state index in [1.165, 1.54) is 6.07 Å². The number of nitrogens with one attached hydrogen (secondary N) is 1. The van der Waals surface area contributed by atoms with Gasteiger partial charge in [-0.05, 0) is 25.5 Å². The minimum Gasteiger partial charge on any atom is -0.497 e. The van der Waals surface area contributed by atoms with Crippen molar-refractivity contribution in [1.82, 2.24) is 5.32 Å². The molecule has 1 aromatic carbocycles. The molecular weight excluding hydrogens is 205 g/mol. The zero-order valence-corrected chi connectivity index (χ0v) is 10.2. The van der Waals surface area contributed by atoms with Crippen LogP contribution in [0.5, 0.6) is 5.75 Å². The highest BCUT2D eigenvalue weighted by atomic mass is 19.1. The molecule has 3 heteroatoms. The van der Waals surface area contributed by atoms with Crippen molar-refractivity contribution in [2.75, 3.05) is 13.7 Å². The summed E-state index contributed by atoms with van der Waals surface area (Å²) in [5, 5.41) is 3.33. The van der Waals surface area contributed by atoms with Gasteiger partial charge in [0, 0.05) is 17.7 Å². The summed E-state index contributed by atoms with van der Waals surface area (Å²) in [6.45, 7) is 5.06. The number of benzene rings is 1. The highest BCUT2D eigenvalue weighted by Gasteiger charge is 2.13. The molecule has 1 unspecified atom stereocenters. The van der Waals surface area contributed by atoms with Gasteiger partial charge >= 0.3 is 0 Å². The van der Waals surface area contributed by atoms with E-state index in [2.05, 4.69) is 19.2 Å². The number of ether oxygens (including phenoxy) is 1. The second-order valence-electron chi connectivity index (χ2n) is 3.80. The van der Waals surface area contributed by atoms with Crippen molar-refractivity contribution in [3.8, 4) is 5.75 Å². The van der Waals surface area contributed by atoms with Crippen molar-refractivity contribution in [3.63, 3.8) is 0 Å². The molecular formula is C13H20FNO. The van der Waals surface area contributed by atoms with Crippen LogP contribution >= 0.6 is 0 Å². The Kier molecular flexibility index (Phi) is 5.26. The van der Waals surface area contributed by atoms with Crippen LogP contribution < -0.4 is 10.1 Å². The summed E-state index contributed by atoms with van der Waals surface area (Å²) < 4.78 is 18.8. The summed E-state index contributed by atoms with van der Waals surface area (Å²) in [4.78, 5) is 0. The third kappa shape index (κ3) is 3.20. The molecule has 90 valence electrons. The lowest BCUT2D eigenvalue weighted by molar-refractivity contribution is 0.408. The molecule has 1 aromatic rings. The zero-order valence-electron chi connectivity index (χ0n) is 10.2. The number of halogens is 1. The Labute approximate surface area is 96.8 Å². The van der Waals surface area contributed by atoms with E-state index in [9.17, 15) is 4.39 Å². The molecule has 0 fully saturated rings. The lowest BCUT2D eigenvalue weighted by Gasteiger charge is -2.18. The van der Waals surface area contributed by atoms with E-state index in [1.54, 1.807) is 19.2 Å². The molecule has 2 nitrogen and oxygen atoms in total. The van der Waals surface area contributed by atoms with Crippen LogP contribution in [0.25, 0.3) is 0 Å². The molecule has 0 radical (unpaired) electrons. The molecule has 0 aliphatic rings. The molecule has 1 atom stereocenters. The van der Waals surface area contributed by atoms with Gasteiger partial charge < -0.3 is 10.1 Å². The van der Waals surface area contributed by atoms with Gasteiger partial charge in [0.15, 0.2) is 0 Å². The van der Waals surface area contributed by atoms with E-state index in [4.69, 9.17) is 4.74 Å². The van der Waals surface area contributed by atoms with Gasteiger partial charge in [-0.15, -0.1) is 0 Å². The van der Waals surface area contributed by atoms with Gasteiger partial charge in [-0.3, -0.25) is 0 Å². The van der Waals surface area contributed by atoms with Gasteiger partial charge in [0.05, 0.1) is 7.11 Å². The van der Waals surface area contributed by atoms with Crippen LogP contribution in [-0.4, -0.2) is 13.7 Å². The van der Waals surface area contributed by atoms with Gasteiger partial charge in [0.2, 0.25) is 0 Å². The van der Waals surface area contributed by atoms with E-state index < -0.39 is 0 Å². The molecule has 16 heavy (non-hydrogen) atoms. The van der Waals surface area contributed by atoms with Gasteiger partial charge in [0.1, 0.15) is 11.6 Å². The van der Waals surface area contributed by atoms with Crippen LogP contribution in [0, 0.1) is 5.82 Å². The molecule has 0 aliphatic heterocycles. The molecule has 0 spiro atoms. The summed E-state index contributed by atoms with van der Waals surface area (Å²) in [5.41, 5.74) is 0.719. The average molecular weight is 225 g/mol. The first kappa shape index (κ1) is 13.0. The first-order valence-electron chi connectivity index (χ1n) is 5.79. The Balaban J connectivity index is 2.83. The molecule has 0 saturated heterocycles. The molecule has 0 amide bonds. The first-order valence-corrected chi connectivity index (χ1v) is 5.79. The van der Waals surface area contributed by atoms with Crippen molar-refractivity contribution in [2.45, 2.75) is 32.7 Å². The summed E-state index contributed by atoms with van der Waals surface area (Å²) >= 11 is 0. The minimum atomic E-state index is -0.199. The van der Waals surface area contributed by atoms with Crippen LogP contribution in [0.3, 0.4) is 0 Å². The van der Waals surface area contributed by atoms with Gasteiger partial charge in [0.25, 0.3) is 0 Å². The molecule has 0 aliphatic carbocycles. The van der Waals surface area contributed by atoms with Crippen LogP contribution in [0.2, 0.25) is 0 Å². The second kappa shape index (κ2) is 6.48. The van der Waals surface area contributed by atoms with E-state index in [-0.39, 0.29) is 11.9 Å². The number of hydrogen-bond donors (Lipinski definition) is 1. The van der Waals surface area contributed by atoms with E-state index in [1.807, 2.05) is 0 Å². The van der Waals surface area contributed by atoms with E-state index >= 15 is 0 Å². The molecule has 0 heterocycles. The maximum atomic E-state index is 13.8. The van der Waals surface area contributed by atoms with Crippen LogP contribution in [0.4, 0.5) is 4.39 Å². The fourth-order valence-corrected chi connectivity index (χ4v) is 1.71. The molecule has 1 rings (SSSR count). The fraction of sp³-hybridized carbons (Fsp3) is 0.538. The van der Waals surface area contributed by atoms with Crippen molar-refractivity contribution < 1.29 is 9.13 Å². The van der Waals surface area contributed by atoms with Crippen LogP contribution in [-0.2, 0) is 0 Å². The summed E-state index contributed by atoms with van der Waals surface area (Å²) in [7, 11) is 1.54. The van der Waals surface area contributed by atoms with Gasteiger partial charge in [-0.2, -0.15) is 0 Å². The van der Waals surface area contributed by atoms with Crippen molar-refractivity contribution >= 4 is 0 Å². The summed E-state index contributed by atoms with van der Waals surface area (Å²) in [6.07, 6.45) is 1.93. The lowest BCUT2D eigenvalue weighted by Crippen LogP contribution is -2.22. The highest BCUT2D eigenvalue weighted by molar-refractivity contribution is 5.30. The van der Waals surface area contributed by atoms with Gasteiger partial charge in [-0.1, -0.05) is 19.9 Å². The maximum Gasteiger partial charge on any atom is 0.131 e. The van der Waals surface area contributed by atoms with Crippen LogP contribution in [0.1, 0.15) is 38.3 Å². The Morgan fingerprint density at radius 2 is 2.12 bits per heavy atom. The maximum absolute atomic E-state index is 13.8. The minimum absolute atomic E-state index is 0.0888. The average Bonchev–Trinajstić information content (AvgIpc) is 2.31. The molecule has 0 saturated carbocycles. The van der Waals surface area contributed by atoms with E-state index in [0.717, 1.165) is 24.9 Å². The summed E-state index contributed by atoms with van der Waals surface area (Å²) in [5.74, 6) is 0.362. The second-order valence-corrected chi connectivity index (χ2v) is 3.80. The predicted octanol–water partition coefficient (Wildman–Crippen LogP) is 3.29. The summed E-state index contributed by atoms with van der Waals surface area (Å²) in [6, 6.07) is 5.12. The Hall–Kier alpha value is -1.09. The monoisotopic (exact) mass is 225 g/mol. The number of rotatable bonds is 6. The Morgan fingerprint density at radius 1 is 1.38 bits per heavy atom. The highest BCUT2D eigenvalue weighted by Crippen LogP contribution is 2.23. The first-order chi connectivity index (χ1) is 7.72. The normalized spacial score (nSPS) is 12.5. The molecule has 1 N–H and O–H groups in total. The third-order valence-electron chi connectivity index (χ3n) is 2.63. The van der Waals surface area contributed by atoms with Crippen molar-refractivity contribution in [2.24, 2.45) is 0 Å². The third-order valence-corrected chi connectivity index (χ3v) is 2.63. The predicted molar refractivity (Wildman–Crippen MR) is 64.3 cm³/mol. The molecule has 0 aromatic heterocycles. The Morgan fingerprint density at radius 3 is 2.62 bits per heavy atom. The topological polar surface area (TPSA) is 21.3 Å².